The van der Waals surface area contributed by atoms with Gasteiger partial charge in [0.25, 0.3) is 10.1 Å². The molecule has 2 aromatic rings. The van der Waals surface area contributed by atoms with E-state index in [9.17, 15) is 8.42 Å². The third kappa shape index (κ3) is 2.67. The molecule has 2 aromatic carbocycles. The molecule has 1 N–H and O–H groups in total. The number of fused-ring (bicyclic) bond motifs is 1. The van der Waals surface area contributed by atoms with Gasteiger partial charge in [-0.15, -0.1) is 0 Å². The van der Waals surface area contributed by atoms with Crippen LogP contribution < -0.4 is 0 Å². The van der Waals surface area contributed by atoms with Gasteiger partial charge in [-0.1, -0.05) is 30.3 Å². The van der Waals surface area contributed by atoms with Crippen molar-refractivity contribution < 1.29 is 13.0 Å². The largest absolute Gasteiger partial charge is 0.296 e. The van der Waals surface area contributed by atoms with Gasteiger partial charge >= 0.3 is 0 Å². The van der Waals surface area contributed by atoms with Crippen molar-refractivity contribution in [2.24, 2.45) is 0 Å². The van der Waals surface area contributed by atoms with Crippen molar-refractivity contribution >= 4 is 66.4 Å². The van der Waals surface area contributed by atoms with Crippen LogP contribution in [0.4, 0.5) is 0 Å². The number of rotatable bonds is 1. The van der Waals surface area contributed by atoms with Crippen molar-refractivity contribution in [2.45, 2.75) is 4.90 Å². The zero-order chi connectivity index (χ0) is 11.1. The van der Waals surface area contributed by atoms with E-state index in [0.717, 1.165) is 5.39 Å². The summed E-state index contributed by atoms with van der Waals surface area (Å²) in [6.45, 7) is 0. The summed E-state index contributed by atoms with van der Waals surface area (Å²) in [5, 5.41) is 1.28. The normalized spacial score (nSPS) is 11.1. The van der Waals surface area contributed by atoms with Gasteiger partial charge in [-0.2, -0.15) is 8.42 Å². The molecule has 79 valence electrons. The minimum absolute atomic E-state index is 0. The fourth-order valence-corrected chi connectivity index (χ4v) is 3.22. The van der Waals surface area contributed by atoms with Crippen molar-refractivity contribution in [1.29, 1.82) is 0 Å². The van der Waals surface area contributed by atoms with Crippen molar-refractivity contribution in [2.75, 3.05) is 0 Å². The average Bonchev–Trinajstić information content (AvgIpc) is 2.15. The monoisotopic (exact) mass is 309 g/mol. The minimum atomic E-state index is -4.21. The van der Waals surface area contributed by atoms with Crippen LogP contribution in [0, 0.1) is 0 Å². The van der Waals surface area contributed by atoms with Gasteiger partial charge < -0.3 is 0 Å². The molecule has 16 heavy (non-hydrogen) atoms. The van der Waals surface area contributed by atoms with E-state index in [-0.39, 0.29) is 34.5 Å². The summed E-state index contributed by atoms with van der Waals surface area (Å²) in [5.74, 6) is 0. The van der Waals surface area contributed by atoms with Crippen LogP contribution in [-0.2, 0) is 10.1 Å². The number of hydrogen-bond acceptors (Lipinski definition) is 2. The first kappa shape index (κ1) is 14.2. The van der Waals surface area contributed by atoms with Gasteiger partial charge in [0, 0.05) is 39.4 Å². The molecule has 0 atom stereocenters. The molecule has 0 aromatic heterocycles. The molecular weight excluding hydrogens is 303 g/mol. The van der Waals surface area contributed by atoms with Crippen LogP contribution in [0.2, 0.25) is 0 Å². The molecule has 0 heterocycles. The Balaban J connectivity index is 0.00000128. The van der Waals surface area contributed by atoms with E-state index in [4.69, 9.17) is 4.55 Å². The number of hydrogen-bond donors (Lipinski definition) is 1. The first-order valence-electron chi connectivity index (χ1n) is 4.15. The summed E-state index contributed by atoms with van der Waals surface area (Å²) in [6.07, 6.45) is 0. The fourth-order valence-electron chi connectivity index (χ4n) is 1.48. The van der Waals surface area contributed by atoms with Crippen LogP contribution in [0.15, 0.2) is 45.8 Å². The van der Waals surface area contributed by atoms with E-state index in [0.29, 0.717) is 9.86 Å². The maximum Gasteiger partial charge on any atom is 0.296 e. The molecule has 1 radical (unpaired) electrons. The molecule has 0 unspecified atom stereocenters. The van der Waals surface area contributed by atoms with Gasteiger partial charge in [0.05, 0.1) is 0 Å². The molecule has 0 amide bonds. The second kappa shape index (κ2) is 5.16. The van der Waals surface area contributed by atoms with Crippen LogP contribution in [0.1, 0.15) is 0 Å². The second-order valence-electron chi connectivity index (χ2n) is 3.07. The maximum absolute atomic E-state index is 11.2. The number of halogens is 1. The average molecular weight is 310 g/mol. The summed E-state index contributed by atoms with van der Waals surface area (Å²) in [5.41, 5.74) is 0. The Morgan fingerprint density at radius 2 is 1.69 bits per heavy atom. The first-order chi connectivity index (χ1) is 7.00. The third-order valence-corrected chi connectivity index (χ3v) is 3.97. The quantitative estimate of drug-likeness (QED) is 0.650. The Kier molecular flexibility index (Phi) is 4.57. The SMILES string of the molecule is O=S(=O)(O)c1c(Br)ccc2ccccc12.[Na]. The molecule has 0 aliphatic heterocycles. The van der Waals surface area contributed by atoms with E-state index < -0.39 is 10.1 Å². The van der Waals surface area contributed by atoms with E-state index >= 15 is 0 Å². The fraction of sp³-hybridized carbons (Fsp3) is 0. The van der Waals surface area contributed by atoms with Crippen LogP contribution in [0.25, 0.3) is 10.8 Å². The molecule has 6 heteroatoms. The molecule has 0 spiro atoms. The molecular formula is C10H7BrNaO3S. The van der Waals surface area contributed by atoms with Gasteiger partial charge in [-0.3, -0.25) is 4.55 Å². The Hall–Kier alpha value is 0.0900. The molecule has 0 aliphatic carbocycles. The Morgan fingerprint density at radius 1 is 1.06 bits per heavy atom. The number of benzene rings is 2. The second-order valence-corrected chi connectivity index (χ2v) is 5.29. The van der Waals surface area contributed by atoms with E-state index in [1.54, 1.807) is 30.3 Å². The molecule has 3 nitrogen and oxygen atoms in total. The molecule has 0 saturated heterocycles. The van der Waals surface area contributed by atoms with Crippen LogP contribution >= 0.6 is 15.9 Å². The Labute approximate surface area is 124 Å². The first-order valence-corrected chi connectivity index (χ1v) is 6.38. The van der Waals surface area contributed by atoms with Gasteiger partial charge in [0.2, 0.25) is 0 Å². The van der Waals surface area contributed by atoms with Gasteiger partial charge in [0.1, 0.15) is 4.90 Å². The van der Waals surface area contributed by atoms with Gasteiger partial charge in [-0.05, 0) is 27.4 Å². The van der Waals surface area contributed by atoms with Crippen LogP contribution in [0.3, 0.4) is 0 Å². The van der Waals surface area contributed by atoms with Crippen LogP contribution in [-0.4, -0.2) is 42.5 Å². The van der Waals surface area contributed by atoms with E-state index in [1.165, 1.54) is 0 Å². The topological polar surface area (TPSA) is 54.4 Å². The molecule has 0 saturated carbocycles. The molecule has 0 aliphatic rings. The molecule has 0 bridgehead atoms. The third-order valence-electron chi connectivity index (χ3n) is 2.09. The minimum Gasteiger partial charge on any atom is -0.282 e. The summed E-state index contributed by atoms with van der Waals surface area (Å²) < 4.78 is 31.9. The smallest absolute Gasteiger partial charge is 0.282 e. The van der Waals surface area contributed by atoms with Crippen molar-refractivity contribution in [3.8, 4) is 0 Å². The zero-order valence-electron chi connectivity index (χ0n) is 8.51. The maximum atomic E-state index is 11.2. The van der Waals surface area contributed by atoms with Crippen molar-refractivity contribution in [3.63, 3.8) is 0 Å². The van der Waals surface area contributed by atoms with E-state index in [2.05, 4.69) is 15.9 Å². The van der Waals surface area contributed by atoms with Gasteiger partial charge in [-0.25, -0.2) is 0 Å². The van der Waals surface area contributed by atoms with E-state index in [1.807, 2.05) is 6.07 Å². The molecule has 0 fully saturated rings. The van der Waals surface area contributed by atoms with Crippen molar-refractivity contribution in [3.05, 3.63) is 40.9 Å². The Morgan fingerprint density at radius 3 is 2.31 bits per heavy atom. The predicted molar refractivity (Wildman–Crippen MR) is 67.2 cm³/mol. The molecule has 2 rings (SSSR count). The summed E-state index contributed by atoms with van der Waals surface area (Å²) in [4.78, 5) is -0.0828. The predicted octanol–water partition coefficient (Wildman–Crippen LogP) is 2.47. The summed E-state index contributed by atoms with van der Waals surface area (Å²) in [6, 6.07) is 10.4. The van der Waals surface area contributed by atoms with Crippen molar-refractivity contribution in [1.82, 2.24) is 0 Å². The summed E-state index contributed by atoms with van der Waals surface area (Å²) >= 11 is 3.11. The Bertz CT molecular complexity index is 625. The summed E-state index contributed by atoms with van der Waals surface area (Å²) in [7, 11) is -4.21. The zero-order valence-corrected chi connectivity index (χ0v) is 12.9. The standard InChI is InChI=1S/C10H7BrO3S.Na/c11-9-6-5-7-3-1-2-4-8(7)10(9)15(12,13)14;/h1-6H,(H,12,13,14);. The van der Waals surface area contributed by atoms with Crippen LogP contribution in [0.5, 0.6) is 0 Å². The van der Waals surface area contributed by atoms with Gasteiger partial charge in [0.15, 0.2) is 0 Å².